The number of hydrogen-bond acceptors (Lipinski definition) is 2. The van der Waals surface area contributed by atoms with Crippen LogP contribution in [0, 0.1) is 5.41 Å². The van der Waals surface area contributed by atoms with E-state index >= 15 is 0 Å². The first-order valence-corrected chi connectivity index (χ1v) is 4.78. The molecule has 0 amide bonds. The summed E-state index contributed by atoms with van der Waals surface area (Å²) in [5.74, 6) is 0. The van der Waals surface area contributed by atoms with Crippen LogP contribution in [-0.4, -0.2) is 31.3 Å². The molecule has 0 aromatic heterocycles. The molecule has 12 heavy (non-hydrogen) atoms. The van der Waals surface area contributed by atoms with Gasteiger partial charge in [-0.1, -0.05) is 20.8 Å². The van der Waals surface area contributed by atoms with Crippen LogP contribution in [0.15, 0.2) is 0 Å². The van der Waals surface area contributed by atoms with Crippen molar-refractivity contribution in [1.29, 1.82) is 0 Å². The first-order chi connectivity index (χ1) is 5.55. The van der Waals surface area contributed by atoms with Crippen LogP contribution in [0.3, 0.4) is 0 Å². The van der Waals surface area contributed by atoms with Gasteiger partial charge in [-0.3, -0.25) is 4.90 Å². The van der Waals surface area contributed by atoms with Gasteiger partial charge < -0.3 is 4.74 Å². The van der Waals surface area contributed by atoms with Crippen molar-refractivity contribution in [2.45, 2.75) is 39.7 Å². The molecule has 2 nitrogen and oxygen atoms in total. The van der Waals surface area contributed by atoms with E-state index in [-0.39, 0.29) is 0 Å². The van der Waals surface area contributed by atoms with Crippen molar-refractivity contribution in [3.8, 4) is 0 Å². The molecule has 1 heterocycles. The Morgan fingerprint density at radius 2 is 2.08 bits per heavy atom. The van der Waals surface area contributed by atoms with Crippen molar-refractivity contribution in [3.05, 3.63) is 0 Å². The molecule has 0 N–H and O–H groups in total. The molecule has 0 radical (unpaired) electrons. The van der Waals surface area contributed by atoms with E-state index in [1.165, 1.54) is 19.4 Å². The minimum absolute atomic E-state index is 0.398. The van der Waals surface area contributed by atoms with Crippen LogP contribution in [0.25, 0.3) is 0 Å². The largest absolute Gasteiger partial charge is 0.369 e. The number of methoxy groups -OCH3 is 1. The number of nitrogens with zero attached hydrogens (tertiary/aromatic N) is 1. The third-order valence-electron chi connectivity index (χ3n) is 2.66. The predicted molar refractivity (Wildman–Crippen MR) is 51.1 cm³/mol. The Labute approximate surface area is 75.9 Å². The van der Waals surface area contributed by atoms with Crippen LogP contribution >= 0.6 is 0 Å². The quantitative estimate of drug-likeness (QED) is 0.631. The topological polar surface area (TPSA) is 12.5 Å². The van der Waals surface area contributed by atoms with Crippen LogP contribution in [-0.2, 0) is 4.74 Å². The summed E-state index contributed by atoms with van der Waals surface area (Å²) in [5, 5.41) is 0. The molecule has 1 rings (SSSR count). The average molecular weight is 171 g/mol. The van der Waals surface area contributed by atoms with Crippen LogP contribution in [0.1, 0.15) is 33.6 Å². The molecule has 72 valence electrons. The summed E-state index contributed by atoms with van der Waals surface area (Å²) in [6.45, 7) is 8.93. The summed E-state index contributed by atoms with van der Waals surface area (Å²) in [6.07, 6.45) is 2.65. The second-order valence-electron chi connectivity index (χ2n) is 4.75. The van der Waals surface area contributed by atoms with E-state index in [2.05, 4.69) is 25.7 Å². The standard InChI is InChI=1S/C10H21NO/c1-10(2,3)9-6-5-7-11(9)8-12-4/h9H,5-8H2,1-4H3. The maximum Gasteiger partial charge on any atom is 0.0988 e. The molecule has 0 saturated carbocycles. The third kappa shape index (κ3) is 2.20. The second kappa shape index (κ2) is 3.75. The first-order valence-electron chi connectivity index (χ1n) is 4.78. The highest BCUT2D eigenvalue weighted by molar-refractivity contribution is 4.86. The third-order valence-corrected chi connectivity index (χ3v) is 2.66. The lowest BCUT2D eigenvalue weighted by molar-refractivity contribution is 0.0218. The Morgan fingerprint density at radius 3 is 2.58 bits per heavy atom. The fraction of sp³-hybridized carbons (Fsp3) is 1.00. The van der Waals surface area contributed by atoms with Gasteiger partial charge in [0, 0.05) is 19.7 Å². The smallest absolute Gasteiger partial charge is 0.0988 e. The lowest BCUT2D eigenvalue weighted by Crippen LogP contribution is -2.40. The van der Waals surface area contributed by atoms with E-state index in [4.69, 9.17) is 4.74 Å². The van der Waals surface area contributed by atoms with E-state index in [0.29, 0.717) is 11.5 Å². The molecule has 0 aliphatic carbocycles. The molecule has 0 bridgehead atoms. The molecule has 1 aliphatic heterocycles. The fourth-order valence-electron chi connectivity index (χ4n) is 2.13. The van der Waals surface area contributed by atoms with Gasteiger partial charge in [0.1, 0.15) is 0 Å². The molecule has 1 saturated heterocycles. The predicted octanol–water partition coefficient (Wildman–Crippen LogP) is 2.10. The van der Waals surface area contributed by atoms with Gasteiger partial charge in [-0.25, -0.2) is 0 Å². The van der Waals surface area contributed by atoms with Crippen LogP contribution in [0.4, 0.5) is 0 Å². The van der Waals surface area contributed by atoms with Gasteiger partial charge in [-0.05, 0) is 18.3 Å². The van der Waals surface area contributed by atoms with E-state index in [1.54, 1.807) is 7.11 Å². The van der Waals surface area contributed by atoms with Crippen molar-refractivity contribution in [3.63, 3.8) is 0 Å². The molecule has 1 fully saturated rings. The van der Waals surface area contributed by atoms with Gasteiger partial charge in [0.15, 0.2) is 0 Å². The Morgan fingerprint density at radius 1 is 1.42 bits per heavy atom. The molecule has 0 spiro atoms. The van der Waals surface area contributed by atoms with Crippen LogP contribution in [0.2, 0.25) is 0 Å². The molecular formula is C10H21NO. The van der Waals surface area contributed by atoms with Crippen molar-refractivity contribution >= 4 is 0 Å². The van der Waals surface area contributed by atoms with Crippen molar-refractivity contribution in [2.75, 3.05) is 20.4 Å². The van der Waals surface area contributed by atoms with Gasteiger partial charge in [-0.15, -0.1) is 0 Å². The maximum atomic E-state index is 5.18. The van der Waals surface area contributed by atoms with Gasteiger partial charge >= 0.3 is 0 Å². The zero-order valence-corrected chi connectivity index (χ0v) is 8.76. The van der Waals surface area contributed by atoms with Crippen LogP contribution in [0.5, 0.6) is 0 Å². The molecule has 1 atom stereocenters. The highest BCUT2D eigenvalue weighted by Gasteiger charge is 2.33. The molecule has 1 aliphatic rings. The number of ether oxygens (including phenoxy) is 1. The number of rotatable bonds is 2. The summed E-state index contributed by atoms with van der Waals surface area (Å²) in [6, 6.07) is 0.706. The van der Waals surface area contributed by atoms with E-state index < -0.39 is 0 Å². The lowest BCUT2D eigenvalue weighted by atomic mass is 9.85. The average Bonchev–Trinajstić information content (AvgIpc) is 2.34. The minimum atomic E-state index is 0.398. The molecule has 0 aromatic carbocycles. The van der Waals surface area contributed by atoms with Crippen molar-refractivity contribution in [1.82, 2.24) is 4.90 Å². The lowest BCUT2D eigenvalue weighted by Gasteiger charge is -2.34. The summed E-state index contributed by atoms with van der Waals surface area (Å²) in [5.41, 5.74) is 0.398. The number of hydrogen-bond donors (Lipinski definition) is 0. The first kappa shape index (κ1) is 10.0. The number of likely N-dealkylation sites (tertiary alicyclic amines) is 1. The highest BCUT2D eigenvalue weighted by Crippen LogP contribution is 2.32. The van der Waals surface area contributed by atoms with E-state index in [9.17, 15) is 0 Å². The summed E-state index contributed by atoms with van der Waals surface area (Å²) < 4.78 is 5.18. The SMILES string of the molecule is COCN1CCCC1C(C)(C)C. The van der Waals surface area contributed by atoms with Crippen LogP contribution < -0.4 is 0 Å². The summed E-state index contributed by atoms with van der Waals surface area (Å²) in [7, 11) is 1.78. The van der Waals surface area contributed by atoms with Crippen molar-refractivity contribution < 1.29 is 4.74 Å². The fourth-order valence-corrected chi connectivity index (χ4v) is 2.13. The Hall–Kier alpha value is -0.0800. The molecular weight excluding hydrogens is 150 g/mol. The zero-order valence-electron chi connectivity index (χ0n) is 8.76. The normalized spacial score (nSPS) is 26.5. The second-order valence-corrected chi connectivity index (χ2v) is 4.75. The van der Waals surface area contributed by atoms with Gasteiger partial charge in [0.25, 0.3) is 0 Å². The molecule has 1 unspecified atom stereocenters. The minimum Gasteiger partial charge on any atom is -0.369 e. The Bertz CT molecular complexity index is 139. The van der Waals surface area contributed by atoms with E-state index in [0.717, 1.165) is 6.73 Å². The van der Waals surface area contributed by atoms with Crippen molar-refractivity contribution in [2.24, 2.45) is 5.41 Å². The molecule has 2 heteroatoms. The summed E-state index contributed by atoms with van der Waals surface area (Å²) in [4.78, 5) is 2.44. The van der Waals surface area contributed by atoms with Gasteiger partial charge in [-0.2, -0.15) is 0 Å². The summed E-state index contributed by atoms with van der Waals surface area (Å²) >= 11 is 0. The highest BCUT2D eigenvalue weighted by atomic mass is 16.5. The molecule has 0 aromatic rings. The van der Waals surface area contributed by atoms with E-state index in [1.807, 2.05) is 0 Å². The Kier molecular flexibility index (Phi) is 3.13. The van der Waals surface area contributed by atoms with Gasteiger partial charge in [0.2, 0.25) is 0 Å². The monoisotopic (exact) mass is 171 g/mol. The maximum absolute atomic E-state index is 5.18. The Balaban J connectivity index is 2.52. The van der Waals surface area contributed by atoms with Gasteiger partial charge in [0.05, 0.1) is 6.73 Å². The zero-order chi connectivity index (χ0) is 9.19.